The molecule has 1 aliphatic rings. The Kier molecular flexibility index (Phi) is 2.02. The van der Waals surface area contributed by atoms with Gasteiger partial charge in [-0.2, -0.15) is 0 Å². The maximum absolute atomic E-state index is 8.65. The van der Waals surface area contributed by atoms with E-state index in [4.69, 9.17) is 19.7 Å². The fourth-order valence-corrected chi connectivity index (χ4v) is 0.669. The second kappa shape index (κ2) is 2.62. The molecule has 0 aliphatic carbocycles. The van der Waals surface area contributed by atoms with Gasteiger partial charge in [0.1, 0.15) is 12.4 Å². The molecule has 0 atom stereocenters. The molecule has 2 N–H and O–H groups in total. The van der Waals surface area contributed by atoms with E-state index in [0.717, 1.165) is 0 Å². The zero-order chi connectivity index (χ0) is 6.74. The highest BCUT2D eigenvalue weighted by atomic mass is 16.7. The molecule has 4 nitrogen and oxygen atoms in total. The molecule has 0 spiro atoms. The Morgan fingerprint density at radius 3 is 2.22 bits per heavy atom. The molecule has 54 valence electrons. The van der Waals surface area contributed by atoms with Gasteiger partial charge in [0.2, 0.25) is 0 Å². The first kappa shape index (κ1) is 6.95. The molecular formula is C5H10O4. The number of aliphatic hydroxyl groups is 2. The fraction of sp³-hybridized carbons (Fsp3) is 1.00. The van der Waals surface area contributed by atoms with E-state index >= 15 is 0 Å². The average Bonchev–Trinajstić information content (AvgIpc) is 2.36. The molecular weight excluding hydrogens is 124 g/mol. The first-order chi connectivity index (χ1) is 4.33. The highest BCUT2D eigenvalue weighted by Crippen LogP contribution is 2.15. The van der Waals surface area contributed by atoms with Crippen LogP contribution < -0.4 is 0 Å². The molecule has 0 aromatic heterocycles. The van der Waals surface area contributed by atoms with Gasteiger partial charge < -0.3 is 19.7 Å². The summed E-state index contributed by atoms with van der Waals surface area (Å²) in [5.41, 5.74) is -0.833. The quantitative estimate of drug-likeness (QED) is 0.493. The Balaban J connectivity index is 2.45. The first-order valence-electron chi connectivity index (χ1n) is 2.76. The van der Waals surface area contributed by atoms with Gasteiger partial charge in [-0.1, -0.05) is 0 Å². The zero-order valence-electron chi connectivity index (χ0n) is 5.04. The lowest BCUT2D eigenvalue weighted by Gasteiger charge is -2.19. The summed E-state index contributed by atoms with van der Waals surface area (Å²) in [7, 11) is 0. The molecule has 0 saturated carbocycles. The smallest absolute Gasteiger partial charge is 0.147 e. The predicted octanol–water partition coefficient (Wildman–Crippen LogP) is -1.29. The molecule has 1 fully saturated rings. The molecule has 0 unspecified atom stereocenters. The van der Waals surface area contributed by atoms with E-state index in [1.54, 1.807) is 0 Å². The standard InChI is InChI=1S/C5H10O4/c6-1-5(2-7)3-8-4-9-5/h6-7H,1-4H2. The Bertz CT molecular complexity index is 81.0. The molecule has 0 amide bonds. The van der Waals surface area contributed by atoms with Crippen LogP contribution in [0.5, 0.6) is 0 Å². The van der Waals surface area contributed by atoms with Gasteiger partial charge in [-0.15, -0.1) is 0 Å². The van der Waals surface area contributed by atoms with Gasteiger partial charge >= 0.3 is 0 Å². The monoisotopic (exact) mass is 134 g/mol. The van der Waals surface area contributed by atoms with Crippen LogP contribution >= 0.6 is 0 Å². The lowest BCUT2D eigenvalue weighted by molar-refractivity contribution is -0.0697. The molecule has 0 aromatic carbocycles. The lowest BCUT2D eigenvalue weighted by Crippen LogP contribution is -2.39. The topological polar surface area (TPSA) is 58.9 Å². The van der Waals surface area contributed by atoms with Crippen molar-refractivity contribution in [3.8, 4) is 0 Å². The van der Waals surface area contributed by atoms with Crippen molar-refractivity contribution in [2.45, 2.75) is 5.60 Å². The van der Waals surface area contributed by atoms with Crippen molar-refractivity contribution in [1.82, 2.24) is 0 Å². The van der Waals surface area contributed by atoms with E-state index in [0.29, 0.717) is 0 Å². The molecule has 0 bridgehead atoms. The van der Waals surface area contributed by atoms with E-state index in [1.807, 2.05) is 0 Å². The van der Waals surface area contributed by atoms with Crippen LogP contribution in [-0.2, 0) is 9.47 Å². The second-order valence-corrected chi connectivity index (χ2v) is 2.11. The Morgan fingerprint density at radius 2 is 2.00 bits per heavy atom. The fourth-order valence-electron chi connectivity index (χ4n) is 0.669. The molecule has 0 aromatic rings. The highest BCUT2D eigenvalue weighted by Gasteiger charge is 2.34. The van der Waals surface area contributed by atoms with Gasteiger partial charge in [0, 0.05) is 0 Å². The first-order valence-corrected chi connectivity index (χ1v) is 2.76. The van der Waals surface area contributed by atoms with Crippen LogP contribution in [0.2, 0.25) is 0 Å². The van der Waals surface area contributed by atoms with E-state index in [-0.39, 0.29) is 26.6 Å². The summed E-state index contributed by atoms with van der Waals surface area (Å²) >= 11 is 0. The molecule has 1 heterocycles. The molecule has 4 heteroatoms. The maximum atomic E-state index is 8.65. The van der Waals surface area contributed by atoms with E-state index < -0.39 is 5.60 Å². The Morgan fingerprint density at radius 1 is 1.33 bits per heavy atom. The number of rotatable bonds is 2. The van der Waals surface area contributed by atoms with Gasteiger partial charge in [0.25, 0.3) is 0 Å². The van der Waals surface area contributed by atoms with E-state index in [1.165, 1.54) is 0 Å². The molecule has 1 saturated heterocycles. The minimum absolute atomic E-state index is 0.168. The van der Waals surface area contributed by atoms with E-state index in [9.17, 15) is 0 Å². The highest BCUT2D eigenvalue weighted by molar-refractivity contribution is 4.80. The predicted molar refractivity (Wildman–Crippen MR) is 28.8 cm³/mol. The molecule has 1 rings (SSSR count). The lowest BCUT2D eigenvalue weighted by atomic mass is 10.1. The Hall–Kier alpha value is -0.160. The number of aliphatic hydroxyl groups excluding tert-OH is 2. The summed E-state index contributed by atoms with van der Waals surface area (Å²) in [5, 5.41) is 17.3. The van der Waals surface area contributed by atoms with Gasteiger partial charge in [0.15, 0.2) is 0 Å². The SMILES string of the molecule is OCC1(CO)COCO1. The Labute approximate surface area is 53.0 Å². The summed E-state index contributed by atoms with van der Waals surface area (Å²) in [6.07, 6.45) is 0. The summed E-state index contributed by atoms with van der Waals surface area (Å²) in [6.45, 7) is 0.0636. The molecule has 0 radical (unpaired) electrons. The van der Waals surface area contributed by atoms with Crippen LogP contribution in [-0.4, -0.2) is 42.4 Å². The maximum Gasteiger partial charge on any atom is 0.147 e. The van der Waals surface area contributed by atoms with Crippen LogP contribution in [0, 0.1) is 0 Å². The third kappa shape index (κ3) is 1.21. The summed E-state index contributed by atoms with van der Waals surface area (Å²) in [5.74, 6) is 0. The van der Waals surface area contributed by atoms with Crippen LogP contribution in [0.15, 0.2) is 0 Å². The van der Waals surface area contributed by atoms with E-state index in [2.05, 4.69) is 0 Å². The number of hydrogen-bond acceptors (Lipinski definition) is 4. The minimum atomic E-state index is -0.833. The number of ether oxygens (including phenoxy) is 2. The van der Waals surface area contributed by atoms with Gasteiger partial charge in [-0.3, -0.25) is 0 Å². The third-order valence-corrected chi connectivity index (χ3v) is 1.39. The van der Waals surface area contributed by atoms with Gasteiger partial charge in [-0.25, -0.2) is 0 Å². The summed E-state index contributed by atoms with van der Waals surface area (Å²) in [4.78, 5) is 0. The normalized spacial score (nSPS) is 24.7. The molecule has 1 aliphatic heterocycles. The average molecular weight is 134 g/mol. The zero-order valence-corrected chi connectivity index (χ0v) is 5.04. The number of hydrogen-bond donors (Lipinski definition) is 2. The minimum Gasteiger partial charge on any atom is -0.393 e. The summed E-state index contributed by atoms with van der Waals surface area (Å²) < 4.78 is 9.72. The molecule has 9 heavy (non-hydrogen) atoms. The van der Waals surface area contributed by atoms with Crippen molar-refractivity contribution in [3.05, 3.63) is 0 Å². The van der Waals surface area contributed by atoms with Crippen molar-refractivity contribution in [1.29, 1.82) is 0 Å². The van der Waals surface area contributed by atoms with Crippen LogP contribution in [0.3, 0.4) is 0 Å². The van der Waals surface area contributed by atoms with Crippen molar-refractivity contribution in [2.24, 2.45) is 0 Å². The van der Waals surface area contributed by atoms with Crippen molar-refractivity contribution < 1.29 is 19.7 Å². The largest absolute Gasteiger partial charge is 0.393 e. The van der Waals surface area contributed by atoms with Crippen LogP contribution in [0.25, 0.3) is 0 Å². The van der Waals surface area contributed by atoms with Crippen LogP contribution in [0.1, 0.15) is 0 Å². The van der Waals surface area contributed by atoms with Gasteiger partial charge in [-0.05, 0) is 0 Å². The van der Waals surface area contributed by atoms with Crippen molar-refractivity contribution >= 4 is 0 Å². The van der Waals surface area contributed by atoms with Crippen molar-refractivity contribution in [2.75, 3.05) is 26.6 Å². The summed E-state index contributed by atoms with van der Waals surface area (Å²) in [6, 6.07) is 0. The van der Waals surface area contributed by atoms with Crippen LogP contribution in [0.4, 0.5) is 0 Å². The second-order valence-electron chi connectivity index (χ2n) is 2.11. The van der Waals surface area contributed by atoms with Crippen molar-refractivity contribution in [3.63, 3.8) is 0 Å². The third-order valence-electron chi connectivity index (χ3n) is 1.39. The van der Waals surface area contributed by atoms with Gasteiger partial charge in [0.05, 0.1) is 19.8 Å².